The highest BCUT2D eigenvalue weighted by Crippen LogP contribution is 2.21. The molecule has 0 bridgehead atoms. The highest BCUT2D eigenvalue weighted by atomic mass is 32.2. The van der Waals surface area contributed by atoms with Crippen molar-refractivity contribution in [1.29, 1.82) is 0 Å². The van der Waals surface area contributed by atoms with Gasteiger partial charge in [0.1, 0.15) is 0 Å². The standard InChI is InChI=1S/C14H18F2N2O3S/c1-10(9-18-8-2-3-13(18)19)17-11-4-6-12(7-5-11)22(20,21)14(15)16/h4-7,10,14,17H,2-3,8-9H2,1H3/t10-/m1/s1. The Labute approximate surface area is 128 Å². The highest BCUT2D eigenvalue weighted by molar-refractivity contribution is 7.91. The second-order valence-corrected chi connectivity index (χ2v) is 7.24. The lowest BCUT2D eigenvalue weighted by Gasteiger charge is -2.22. The van der Waals surface area contributed by atoms with Gasteiger partial charge in [0, 0.05) is 31.2 Å². The van der Waals surface area contributed by atoms with Crippen LogP contribution in [0.1, 0.15) is 19.8 Å². The quantitative estimate of drug-likeness (QED) is 0.866. The molecule has 8 heteroatoms. The van der Waals surface area contributed by atoms with Crippen LogP contribution in [0.4, 0.5) is 14.5 Å². The Kier molecular flexibility index (Phi) is 5.00. The third-order valence-corrected chi connectivity index (χ3v) is 4.89. The van der Waals surface area contributed by atoms with Crippen LogP contribution < -0.4 is 5.32 Å². The minimum atomic E-state index is -4.56. The molecule has 0 radical (unpaired) electrons. The number of nitrogens with zero attached hydrogens (tertiary/aromatic N) is 1. The summed E-state index contributed by atoms with van der Waals surface area (Å²) < 4.78 is 47.5. The number of carbonyl (C=O) groups excluding carboxylic acids is 1. The Morgan fingerprint density at radius 1 is 1.27 bits per heavy atom. The summed E-state index contributed by atoms with van der Waals surface area (Å²) in [5.74, 6) is -3.29. The first-order valence-corrected chi connectivity index (χ1v) is 8.52. The van der Waals surface area contributed by atoms with Crippen LogP contribution >= 0.6 is 0 Å². The Balaban J connectivity index is 1.98. The highest BCUT2D eigenvalue weighted by Gasteiger charge is 2.26. The average molecular weight is 332 g/mol. The maximum Gasteiger partial charge on any atom is 0.341 e. The van der Waals surface area contributed by atoms with Crippen LogP contribution in [-0.4, -0.2) is 44.1 Å². The van der Waals surface area contributed by atoms with Crippen LogP contribution in [0.15, 0.2) is 29.2 Å². The second kappa shape index (κ2) is 6.60. The number of alkyl halides is 2. The molecule has 1 aliphatic heterocycles. The van der Waals surface area contributed by atoms with Gasteiger partial charge < -0.3 is 10.2 Å². The average Bonchev–Trinajstić information content (AvgIpc) is 2.84. The van der Waals surface area contributed by atoms with Crippen molar-refractivity contribution in [1.82, 2.24) is 4.90 Å². The number of benzene rings is 1. The lowest BCUT2D eigenvalue weighted by atomic mass is 10.2. The first-order chi connectivity index (χ1) is 10.3. The first kappa shape index (κ1) is 16.7. The van der Waals surface area contributed by atoms with E-state index >= 15 is 0 Å². The van der Waals surface area contributed by atoms with Crippen molar-refractivity contribution in [3.8, 4) is 0 Å². The predicted molar refractivity (Wildman–Crippen MR) is 78.5 cm³/mol. The molecular weight excluding hydrogens is 314 g/mol. The molecule has 1 aromatic carbocycles. The normalized spacial score (nSPS) is 17.1. The fraction of sp³-hybridized carbons (Fsp3) is 0.500. The Bertz CT molecular complexity index is 632. The minimum Gasteiger partial charge on any atom is -0.381 e. The number of amides is 1. The molecule has 0 unspecified atom stereocenters. The molecule has 1 amide bonds. The number of carbonyl (C=O) groups is 1. The fourth-order valence-electron chi connectivity index (χ4n) is 2.40. The van der Waals surface area contributed by atoms with Gasteiger partial charge in [0.05, 0.1) is 4.90 Å². The molecule has 2 rings (SSSR count). The van der Waals surface area contributed by atoms with Crippen LogP contribution in [0.2, 0.25) is 0 Å². The fourth-order valence-corrected chi connectivity index (χ4v) is 3.12. The van der Waals surface area contributed by atoms with Crippen molar-refractivity contribution in [2.45, 2.75) is 36.5 Å². The summed E-state index contributed by atoms with van der Waals surface area (Å²) in [7, 11) is -4.56. The smallest absolute Gasteiger partial charge is 0.341 e. The zero-order valence-corrected chi connectivity index (χ0v) is 12.9. The molecule has 0 aliphatic carbocycles. The van der Waals surface area contributed by atoms with Gasteiger partial charge in [0.15, 0.2) is 0 Å². The maximum atomic E-state index is 12.4. The Morgan fingerprint density at radius 2 is 1.91 bits per heavy atom. The number of rotatable bonds is 6. The topological polar surface area (TPSA) is 66.5 Å². The molecule has 1 atom stereocenters. The number of halogens is 2. The SMILES string of the molecule is C[C@H](CN1CCCC1=O)Nc1ccc(S(=O)(=O)C(F)F)cc1. The van der Waals surface area contributed by atoms with E-state index in [0.717, 1.165) is 25.1 Å². The van der Waals surface area contributed by atoms with Crippen molar-refractivity contribution < 1.29 is 22.0 Å². The van der Waals surface area contributed by atoms with Gasteiger partial charge in [-0.2, -0.15) is 8.78 Å². The molecular formula is C14H18F2N2O3S. The minimum absolute atomic E-state index is 0.0281. The van der Waals surface area contributed by atoms with Gasteiger partial charge in [-0.15, -0.1) is 0 Å². The van der Waals surface area contributed by atoms with Gasteiger partial charge in [0.25, 0.3) is 0 Å². The van der Waals surface area contributed by atoms with E-state index in [9.17, 15) is 22.0 Å². The molecule has 122 valence electrons. The summed E-state index contributed by atoms with van der Waals surface area (Å²) in [5.41, 5.74) is 0.618. The van der Waals surface area contributed by atoms with E-state index in [1.54, 1.807) is 4.90 Å². The van der Waals surface area contributed by atoms with E-state index in [1.165, 1.54) is 12.1 Å². The van der Waals surface area contributed by atoms with E-state index in [-0.39, 0.29) is 11.9 Å². The zero-order chi connectivity index (χ0) is 16.3. The molecule has 5 nitrogen and oxygen atoms in total. The molecule has 1 N–H and O–H groups in total. The third kappa shape index (κ3) is 3.73. The molecule has 22 heavy (non-hydrogen) atoms. The van der Waals surface area contributed by atoms with Crippen LogP contribution in [0.3, 0.4) is 0 Å². The van der Waals surface area contributed by atoms with E-state index < -0.39 is 20.5 Å². The molecule has 1 aromatic rings. The van der Waals surface area contributed by atoms with Gasteiger partial charge >= 0.3 is 5.76 Å². The molecule has 0 spiro atoms. The number of hydrogen-bond donors (Lipinski definition) is 1. The summed E-state index contributed by atoms with van der Waals surface area (Å²) >= 11 is 0. The maximum absolute atomic E-state index is 12.4. The van der Waals surface area contributed by atoms with Crippen LogP contribution in [-0.2, 0) is 14.6 Å². The van der Waals surface area contributed by atoms with Crippen LogP contribution in [0.25, 0.3) is 0 Å². The third-order valence-electron chi connectivity index (χ3n) is 3.50. The summed E-state index contributed by atoms with van der Waals surface area (Å²) in [5, 5.41) is 3.12. The molecule has 1 aliphatic rings. The number of likely N-dealkylation sites (tertiary alicyclic amines) is 1. The van der Waals surface area contributed by atoms with Gasteiger partial charge in [-0.05, 0) is 37.6 Å². The first-order valence-electron chi connectivity index (χ1n) is 6.97. The molecule has 1 fully saturated rings. The zero-order valence-electron chi connectivity index (χ0n) is 12.1. The van der Waals surface area contributed by atoms with Crippen LogP contribution in [0.5, 0.6) is 0 Å². The van der Waals surface area contributed by atoms with Crippen molar-refractivity contribution in [2.24, 2.45) is 0 Å². The molecule has 0 aromatic heterocycles. The Hall–Kier alpha value is -1.70. The van der Waals surface area contributed by atoms with E-state index in [1.807, 2.05) is 6.92 Å². The van der Waals surface area contributed by atoms with Gasteiger partial charge in [0.2, 0.25) is 15.7 Å². The van der Waals surface area contributed by atoms with E-state index in [4.69, 9.17) is 0 Å². The lowest BCUT2D eigenvalue weighted by molar-refractivity contribution is -0.127. The number of anilines is 1. The van der Waals surface area contributed by atoms with Crippen molar-refractivity contribution in [2.75, 3.05) is 18.4 Å². The molecule has 1 saturated heterocycles. The van der Waals surface area contributed by atoms with Gasteiger partial charge in [-0.25, -0.2) is 8.42 Å². The van der Waals surface area contributed by atoms with Crippen molar-refractivity contribution in [3.63, 3.8) is 0 Å². The molecule has 0 saturated carbocycles. The van der Waals surface area contributed by atoms with E-state index in [2.05, 4.69) is 5.32 Å². The Morgan fingerprint density at radius 3 is 2.41 bits per heavy atom. The summed E-state index contributed by atoms with van der Waals surface area (Å²) in [6, 6.07) is 5.16. The van der Waals surface area contributed by atoms with Gasteiger partial charge in [-0.1, -0.05) is 0 Å². The summed E-state index contributed by atoms with van der Waals surface area (Å²) in [6.07, 6.45) is 1.44. The van der Waals surface area contributed by atoms with Crippen molar-refractivity contribution in [3.05, 3.63) is 24.3 Å². The predicted octanol–water partition coefficient (Wildman–Crippen LogP) is 2.11. The molecule has 1 heterocycles. The second-order valence-electron chi connectivity index (χ2n) is 5.32. The number of nitrogens with one attached hydrogen (secondary N) is 1. The number of hydrogen-bond acceptors (Lipinski definition) is 4. The monoisotopic (exact) mass is 332 g/mol. The lowest BCUT2D eigenvalue weighted by Crippen LogP contribution is -2.35. The van der Waals surface area contributed by atoms with Crippen molar-refractivity contribution >= 4 is 21.4 Å². The summed E-state index contributed by atoms with van der Waals surface area (Å²) in [4.78, 5) is 12.9. The largest absolute Gasteiger partial charge is 0.381 e. The summed E-state index contributed by atoms with van der Waals surface area (Å²) in [6.45, 7) is 3.20. The van der Waals surface area contributed by atoms with E-state index in [0.29, 0.717) is 18.7 Å². The number of sulfone groups is 1. The van der Waals surface area contributed by atoms with Crippen LogP contribution in [0, 0.1) is 0 Å². The van der Waals surface area contributed by atoms with Gasteiger partial charge in [-0.3, -0.25) is 4.79 Å².